The first-order chi connectivity index (χ1) is 8.37. The highest BCUT2D eigenvalue weighted by atomic mass is 35.5. The van der Waals surface area contributed by atoms with Crippen molar-refractivity contribution < 1.29 is 13.2 Å². The van der Waals surface area contributed by atoms with Crippen molar-refractivity contribution >= 4 is 33.0 Å². The van der Waals surface area contributed by atoms with Gasteiger partial charge in [0.25, 0.3) is 0 Å². The van der Waals surface area contributed by atoms with Crippen LogP contribution >= 0.6 is 23.2 Å². The van der Waals surface area contributed by atoms with E-state index < -0.39 is 9.84 Å². The summed E-state index contributed by atoms with van der Waals surface area (Å²) in [6.07, 6.45) is 1.21. The molecule has 0 heterocycles. The van der Waals surface area contributed by atoms with Gasteiger partial charge in [0.2, 0.25) is 0 Å². The Morgan fingerprint density at radius 2 is 1.78 bits per heavy atom. The maximum atomic E-state index is 10.9. The minimum Gasteiger partial charge on any atom is -0.492 e. The Bertz CT molecular complexity index is 471. The SMILES string of the molecule is CS(=O)(=O)CCNCCOc1cc(Cl)cc(Cl)c1. The lowest BCUT2D eigenvalue weighted by molar-refractivity contribution is 0.315. The van der Waals surface area contributed by atoms with E-state index in [0.717, 1.165) is 0 Å². The number of hydrogen-bond acceptors (Lipinski definition) is 4. The Morgan fingerprint density at radius 1 is 1.17 bits per heavy atom. The van der Waals surface area contributed by atoms with Crippen LogP contribution in [0.25, 0.3) is 0 Å². The van der Waals surface area contributed by atoms with E-state index in [1.165, 1.54) is 6.26 Å². The van der Waals surface area contributed by atoms with Crippen molar-refractivity contribution in [3.05, 3.63) is 28.2 Å². The van der Waals surface area contributed by atoms with Crippen LogP contribution in [0.3, 0.4) is 0 Å². The van der Waals surface area contributed by atoms with Crippen molar-refractivity contribution in [2.24, 2.45) is 0 Å². The van der Waals surface area contributed by atoms with Crippen LogP contribution in [0.4, 0.5) is 0 Å². The lowest BCUT2D eigenvalue weighted by Crippen LogP contribution is -2.26. The zero-order chi connectivity index (χ0) is 13.6. The minimum atomic E-state index is -2.91. The van der Waals surface area contributed by atoms with E-state index in [1.807, 2.05) is 0 Å². The molecule has 0 saturated carbocycles. The predicted octanol–water partition coefficient (Wildman–Crippen LogP) is 2.01. The molecule has 4 nitrogen and oxygen atoms in total. The fourth-order valence-electron chi connectivity index (χ4n) is 1.24. The zero-order valence-electron chi connectivity index (χ0n) is 9.95. The number of halogens is 2. The second-order valence-electron chi connectivity index (χ2n) is 3.83. The molecule has 0 aliphatic rings. The molecule has 0 unspecified atom stereocenters. The highest BCUT2D eigenvalue weighted by molar-refractivity contribution is 7.90. The summed E-state index contributed by atoms with van der Waals surface area (Å²) in [6, 6.07) is 4.97. The van der Waals surface area contributed by atoms with Crippen molar-refractivity contribution in [2.45, 2.75) is 0 Å². The minimum absolute atomic E-state index is 0.121. The fraction of sp³-hybridized carbons (Fsp3) is 0.455. The highest BCUT2D eigenvalue weighted by Gasteiger charge is 2.01. The molecule has 0 aliphatic heterocycles. The van der Waals surface area contributed by atoms with Crippen LogP contribution in [0.5, 0.6) is 5.75 Å². The summed E-state index contributed by atoms with van der Waals surface area (Å²) in [4.78, 5) is 0. The average molecular weight is 312 g/mol. The van der Waals surface area contributed by atoms with Gasteiger partial charge in [-0.1, -0.05) is 23.2 Å². The molecule has 0 spiro atoms. The molecule has 0 aliphatic carbocycles. The van der Waals surface area contributed by atoms with Crippen molar-refractivity contribution in [3.8, 4) is 5.75 Å². The average Bonchev–Trinajstić information content (AvgIpc) is 2.20. The summed E-state index contributed by atoms with van der Waals surface area (Å²) >= 11 is 11.6. The van der Waals surface area contributed by atoms with E-state index in [4.69, 9.17) is 27.9 Å². The number of hydrogen-bond donors (Lipinski definition) is 1. The third kappa shape index (κ3) is 7.06. The number of ether oxygens (including phenoxy) is 1. The highest BCUT2D eigenvalue weighted by Crippen LogP contribution is 2.23. The van der Waals surface area contributed by atoms with Crippen molar-refractivity contribution in [2.75, 3.05) is 31.7 Å². The maximum absolute atomic E-state index is 10.9. The first kappa shape index (κ1) is 15.6. The third-order valence-electron chi connectivity index (χ3n) is 2.03. The van der Waals surface area contributed by atoms with E-state index in [-0.39, 0.29) is 5.75 Å². The second kappa shape index (κ2) is 7.19. The van der Waals surface area contributed by atoms with Crippen molar-refractivity contribution in [3.63, 3.8) is 0 Å². The van der Waals surface area contributed by atoms with Gasteiger partial charge in [-0.05, 0) is 18.2 Å². The van der Waals surface area contributed by atoms with Gasteiger partial charge >= 0.3 is 0 Å². The van der Waals surface area contributed by atoms with Gasteiger partial charge in [-0.25, -0.2) is 8.42 Å². The molecule has 0 fully saturated rings. The lowest BCUT2D eigenvalue weighted by atomic mass is 10.3. The Labute approximate surface area is 117 Å². The number of benzene rings is 1. The Hall–Kier alpha value is -0.490. The van der Waals surface area contributed by atoms with Gasteiger partial charge in [0.1, 0.15) is 22.2 Å². The lowest BCUT2D eigenvalue weighted by Gasteiger charge is -2.08. The largest absolute Gasteiger partial charge is 0.492 e. The van der Waals surface area contributed by atoms with Gasteiger partial charge in [-0.2, -0.15) is 0 Å². The van der Waals surface area contributed by atoms with Crippen LogP contribution < -0.4 is 10.1 Å². The van der Waals surface area contributed by atoms with E-state index in [1.54, 1.807) is 18.2 Å². The first-order valence-electron chi connectivity index (χ1n) is 5.34. The normalized spacial score (nSPS) is 11.5. The maximum Gasteiger partial charge on any atom is 0.148 e. The molecule has 1 aromatic carbocycles. The number of sulfone groups is 1. The molecule has 1 rings (SSSR count). The molecule has 0 amide bonds. The monoisotopic (exact) mass is 311 g/mol. The summed E-state index contributed by atoms with van der Waals surface area (Å²) in [5.41, 5.74) is 0. The molecule has 1 aromatic rings. The van der Waals surface area contributed by atoms with Gasteiger partial charge in [-0.15, -0.1) is 0 Å². The summed E-state index contributed by atoms with van der Waals surface area (Å²) in [7, 11) is -2.91. The van der Waals surface area contributed by atoms with Crippen LogP contribution in [0.1, 0.15) is 0 Å². The zero-order valence-corrected chi connectivity index (χ0v) is 12.3. The molecule has 0 atom stereocenters. The summed E-state index contributed by atoms with van der Waals surface area (Å²) in [5.74, 6) is 0.716. The molecule has 0 bridgehead atoms. The Kier molecular flexibility index (Phi) is 6.21. The van der Waals surface area contributed by atoms with Gasteiger partial charge in [-0.3, -0.25) is 0 Å². The fourth-order valence-corrected chi connectivity index (χ4v) is 2.26. The van der Waals surface area contributed by atoms with Gasteiger partial charge < -0.3 is 10.1 Å². The molecule has 0 saturated heterocycles. The standard InChI is InChI=1S/C11H15Cl2NO3S/c1-18(15,16)5-3-14-2-4-17-11-7-9(12)6-10(13)8-11/h6-8,14H,2-5H2,1H3. The van der Waals surface area contributed by atoms with Crippen molar-refractivity contribution in [1.82, 2.24) is 5.32 Å². The molecule has 18 heavy (non-hydrogen) atoms. The molecule has 1 N–H and O–H groups in total. The predicted molar refractivity (Wildman–Crippen MR) is 74.5 cm³/mol. The van der Waals surface area contributed by atoms with Gasteiger partial charge in [0, 0.05) is 29.4 Å². The van der Waals surface area contributed by atoms with Crippen LogP contribution in [0.2, 0.25) is 10.0 Å². The van der Waals surface area contributed by atoms with Crippen LogP contribution in [0, 0.1) is 0 Å². The molecular formula is C11H15Cl2NO3S. The quantitative estimate of drug-likeness (QED) is 0.783. The van der Waals surface area contributed by atoms with Gasteiger partial charge in [0.15, 0.2) is 0 Å². The summed E-state index contributed by atoms with van der Waals surface area (Å²) in [6.45, 7) is 1.39. The van der Waals surface area contributed by atoms with Crippen molar-refractivity contribution in [1.29, 1.82) is 0 Å². The molecular weight excluding hydrogens is 297 g/mol. The Balaban J connectivity index is 2.22. The third-order valence-corrected chi connectivity index (χ3v) is 3.42. The van der Waals surface area contributed by atoms with Crippen LogP contribution in [-0.4, -0.2) is 40.1 Å². The van der Waals surface area contributed by atoms with E-state index in [2.05, 4.69) is 5.32 Å². The second-order valence-corrected chi connectivity index (χ2v) is 6.97. The topological polar surface area (TPSA) is 55.4 Å². The molecule has 102 valence electrons. The molecule has 0 aromatic heterocycles. The van der Waals surface area contributed by atoms with Crippen LogP contribution in [-0.2, 0) is 9.84 Å². The Morgan fingerprint density at radius 3 is 2.33 bits per heavy atom. The first-order valence-corrected chi connectivity index (χ1v) is 8.16. The smallest absolute Gasteiger partial charge is 0.148 e. The van der Waals surface area contributed by atoms with E-state index in [0.29, 0.717) is 35.5 Å². The van der Waals surface area contributed by atoms with E-state index >= 15 is 0 Å². The van der Waals surface area contributed by atoms with Crippen LogP contribution in [0.15, 0.2) is 18.2 Å². The van der Waals surface area contributed by atoms with Gasteiger partial charge in [0.05, 0.1) is 5.75 Å². The summed E-state index contributed by atoms with van der Waals surface area (Å²) < 4.78 is 27.1. The van der Waals surface area contributed by atoms with E-state index in [9.17, 15) is 8.42 Å². The summed E-state index contributed by atoms with van der Waals surface area (Å²) in [5, 5.41) is 4.00. The molecule has 0 radical (unpaired) electrons. The number of nitrogens with one attached hydrogen (secondary N) is 1. The number of rotatable bonds is 7. The molecule has 7 heteroatoms.